The SMILES string of the molecule is O[C@@H](COc1ccc(Cl)cc1)CSc1nncn1-c1cccc(Cl)c1. The molecule has 0 aliphatic carbocycles. The number of benzene rings is 2. The molecule has 0 unspecified atom stereocenters. The van der Waals surface area contributed by atoms with Gasteiger partial charge in [-0.05, 0) is 42.5 Å². The highest BCUT2D eigenvalue weighted by Gasteiger charge is 2.12. The zero-order valence-corrected chi connectivity index (χ0v) is 15.4. The molecule has 0 aliphatic heterocycles. The molecule has 0 saturated heterocycles. The second-order valence-corrected chi connectivity index (χ2v) is 7.05. The predicted octanol–water partition coefficient (Wildman–Crippen LogP) is 4.11. The number of nitrogens with zero attached hydrogens (tertiary/aromatic N) is 3. The third-order valence-electron chi connectivity index (χ3n) is 3.26. The minimum atomic E-state index is -0.648. The Morgan fingerprint density at radius 2 is 1.92 bits per heavy atom. The third-order valence-corrected chi connectivity index (χ3v) is 4.84. The van der Waals surface area contributed by atoms with E-state index in [1.54, 1.807) is 36.7 Å². The number of rotatable bonds is 7. The second-order valence-electron chi connectivity index (χ2n) is 5.19. The molecule has 130 valence electrons. The van der Waals surface area contributed by atoms with Gasteiger partial charge in [-0.25, -0.2) is 0 Å². The molecular formula is C17H15Cl2N3O2S. The van der Waals surface area contributed by atoms with Crippen molar-refractivity contribution in [1.82, 2.24) is 14.8 Å². The number of ether oxygens (including phenoxy) is 1. The molecule has 0 fully saturated rings. The fourth-order valence-corrected chi connectivity index (χ4v) is 3.21. The summed E-state index contributed by atoms with van der Waals surface area (Å²) >= 11 is 13.2. The number of aliphatic hydroxyl groups excluding tert-OH is 1. The minimum Gasteiger partial charge on any atom is -0.491 e. The minimum absolute atomic E-state index is 0.180. The maximum atomic E-state index is 10.1. The average Bonchev–Trinajstić information content (AvgIpc) is 3.08. The molecule has 0 bridgehead atoms. The topological polar surface area (TPSA) is 60.2 Å². The van der Waals surface area contributed by atoms with Gasteiger partial charge in [0, 0.05) is 15.8 Å². The molecule has 1 heterocycles. The van der Waals surface area contributed by atoms with Gasteiger partial charge in [-0.15, -0.1) is 10.2 Å². The summed E-state index contributed by atoms with van der Waals surface area (Å²) in [6.07, 6.45) is 0.968. The molecule has 1 aromatic heterocycles. The van der Waals surface area contributed by atoms with Gasteiger partial charge >= 0.3 is 0 Å². The molecule has 8 heteroatoms. The molecule has 0 spiro atoms. The molecule has 0 amide bonds. The van der Waals surface area contributed by atoms with Crippen LogP contribution in [-0.2, 0) is 0 Å². The first-order valence-corrected chi connectivity index (χ1v) is 9.21. The fraction of sp³-hybridized carbons (Fsp3) is 0.176. The lowest BCUT2D eigenvalue weighted by molar-refractivity contribution is 0.126. The quantitative estimate of drug-likeness (QED) is 0.610. The summed E-state index contributed by atoms with van der Waals surface area (Å²) in [4.78, 5) is 0. The summed E-state index contributed by atoms with van der Waals surface area (Å²) in [6.45, 7) is 0.180. The van der Waals surface area contributed by atoms with Gasteiger partial charge in [0.25, 0.3) is 0 Å². The van der Waals surface area contributed by atoms with Gasteiger partial charge in [0.05, 0.1) is 11.8 Å². The van der Waals surface area contributed by atoms with E-state index >= 15 is 0 Å². The van der Waals surface area contributed by atoms with Crippen LogP contribution in [0.2, 0.25) is 10.0 Å². The van der Waals surface area contributed by atoms with Crippen LogP contribution in [0.15, 0.2) is 60.0 Å². The van der Waals surface area contributed by atoms with E-state index in [-0.39, 0.29) is 6.61 Å². The zero-order chi connectivity index (χ0) is 17.6. The molecule has 1 N–H and O–H groups in total. The van der Waals surface area contributed by atoms with Crippen LogP contribution in [0, 0.1) is 0 Å². The number of thioether (sulfide) groups is 1. The lowest BCUT2D eigenvalue weighted by Crippen LogP contribution is -2.20. The normalized spacial score (nSPS) is 12.1. The molecule has 0 radical (unpaired) electrons. The van der Waals surface area contributed by atoms with Crippen LogP contribution in [0.1, 0.15) is 0 Å². The summed E-state index contributed by atoms with van der Waals surface area (Å²) in [6, 6.07) is 14.4. The van der Waals surface area contributed by atoms with Crippen molar-refractivity contribution in [1.29, 1.82) is 0 Å². The molecule has 1 atom stereocenters. The molecule has 0 aliphatic rings. The largest absolute Gasteiger partial charge is 0.491 e. The lowest BCUT2D eigenvalue weighted by atomic mass is 10.3. The Morgan fingerprint density at radius 1 is 1.12 bits per heavy atom. The molecule has 3 rings (SSSR count). The van der Waals surface area contributed by atoms with Crippen molar-refractivity contribution < 1.29 is 9.84 Å². The maximum absolute atomic E-state index is 10.1. The highest BCUT2D eigenvalue weighted by molar-refractivity contribution is 7.99. The molecular weight excluding hydrogens is 381 g/mol. The van der Waals surface area contributed by atoms with E-state index in [9.17, 15) is 5.11 Å². The Kier molecular flexibility index (Phi) is 6.20. The van der Waals surface area contributed by atoms with E-state index in [1.165, 1.54) is 11.8 Å². The van der Waals surface area contributed by atoms with Crippen LogP contribution < -0.4 is 4.74 Å². The number of aliphatic hydroxyl groups is 1. The highest BCUT2D eigenvalue weighted by Crippen LogP contribution is 2.22. The first-order chi connectivity index (χ1) is 12.1. The van der Waals surface area contributed by atoms with Crippen molar-refractivity contribution in [3.63, 3.8) is 0 Å². The van der Waals surface area contributed by atoms with Crippen molar-refractivity contribution >= 4 is 35.0 Å². The molecule has 25 heavy (non-hydrogen) atoms. The van der Waals surface area contributed by atoms with Gasteiger partial charge in [0.1, 0.15) is 18.7 Å². The monoisotopic (exact) mass is 395 g/mol. The van der Waals surface area contributed by atoms with E-state index in [2.05, 4.69) is 10.2 Å². The van der Waals surface area contributed by atoms with E-state index < -0.39 is 6.10 Å². The summed E-state index contributed by atoms with van der Waals surface area (Å²) in [5.41, 5.74) is 0.868. The van der Waals surface area contributed by atoms with Crippen LogP contribution in [0.25, 0.3) is 5.69 Å². The Hall–Kier alpha value is -1.73. The van der Waals surface area contributed by atoms with E-state index in [4.69, 9.17) is 27.9 Å². The Bertz CT molecular complexity index is 827. The summed E-state index contributed by atoms with van der Waals surface area (Å²) < 4.78 is 7.36. The van der Waals surface area contributed by atoms with Gasteiger partial charge in [-0.2, -0.15) is 0 Å². The smallest absolute Gasteiger partial charge is 0.195 e. The standard InChI is InChI=1S/C17H15Cl2N3O2S/c18-12-4-6-16(7-5-12)24-9-15(23)10-25-17-21-20-11-22(17)14-3-1-2-13(19)8-14/h1-8,11,15,23H,9-10H2/t15-/m0/s1. The average molecular weight is 396 g/mol. The van der Waals surface area contributed by atoms with E-state index in [1.807, 2.05) is 22.8 Å². The van der Waals surface area contributed by atoms with Crippen LogP contribution in [0.3, 0.4) is 0 Å². The number of aromatic nitrogens is 3. The zero-order valence-electron chi connectivity index (χ0n) is 13.0. The number of halogens is 2. The van der Waals surface area contributed by atoms with Crippen LogP contribution in [-0.4, -0.2) is 38.3 Å². The highest BCUT2D eigenvalue weighted by atomic mass is 35.5. The Morgan fingerprint density at radius 3 is 2.68 bits per heavy atom. The Balaban J connectivity index is 1.55. The van der Waals surface area contributed by atoms with Crippen LogP contribution in [0.5, 0.6) is 5.75 Å². The van der Waals surface area contributed by atoms with Crippen LogP contribution in [0.4, 0.5) is 0 Å². The first kappa shape index (κ1) is 18.1. The number of hydrogen-bond donors (Lipinski definition) is 1. The van der Waals surface area contributed by atoms with Crippen LogP contribution >= 0.6 is 35.0 Å². The number of hydrogen-bond acceptors (Lipinski definition) is 5. The lowest BCUT2D eigenvalue weighted by Gasteiger charge is -2.12. The fourth-order valence-electron chi connectivity index (χ4n) is 2.07. The Labute approximate surface area is 159 Å². The van der Waals surface area contributed by atoms with Gasteiger partial charge in [-0.1, -0.05) is 41.0 Å². The summed E-state index contributed by atoms with van der Waals surface area (Å²) in [5, 5.41) is 20.1. The van der Waals surface area contributed by atoms with Gasteiger partial charge in [0.15, 0.2) is 5.16 Å². The van der Waals surface area contributed by atoms with Crippen molar-refractivity contribution in [2.45, 2.75) is 11.3 Å². The van der Waals surface area contributed by atoms with Crippen molar-refractivity contribution in [3.8, 4) is 11.4 Å². The van der Waals surface area contributed by atoms with Gasteiger partial charge in [0.2, 0.25) is 0 Å². The van der Waals surface area contributed by atoms with Crippen molar-refractivity contribution in [2.75, 3.05) is 12.4 Å². The summed E-state index contributed by atoms with van der Waals surface area (Å²) in [7, 11) is 0. The maximum Gasteiger partial charge on any atom is 0.195 e. The molecule has 0 saturated carbocycles. The van der Waals surface area contributed by atoms with Crippen molar-refractivity contribution in [2.24, 2.45) is 0 Å². The van der Waals surface area contributed by atoms with Gasteiger partial charge < -0.3 is 9.84 Å². The predicted molar refractivity (Wildman–Crippen MR) is 100 cm³/mol. The van der Waals surface area contributed by atoms with E-state index in [0.29, 0.717) is 26.7 Å². The second kappa shape index (κ2) is 8.58. The summed E-state index contributed by atoms with van der Waals surface area (Å²) in [5.74, 6) is 1.09. The van der Waals surface area contributed by atoms with Crippen molar-refractivity contribution in [3.05, 3.63) is 64.9 Å². The molecule has 5 nitrogen and oxygen atoms in total. The van der Waals surface area contributed by atoms with Gasteiger partial charge in [-0.3, -0.25) is 4.57 Å². The molecule has 2 aromatic carbocycles. The van der Waals surface area contributed by atoms with E-state index in [0.717, 1.165) is 5.69 Å². The molecule has 3 aromatic rings. The third kappa shape index (κ3) is 5.12. The first-order valence-electron chi connectivity index (χ1n) is 7.47.